The molecule has 0 saturated carbocycles. The third kappa shape index (κ3) is 1.24. The molecule has 5 heteroatoms. The summed E-state index contributed by atoms with van der Waals surface area (Å²) in [5, 5.41) is 26.5. The monoisotopic (exact) mass is 166 g/mol. The van der Waals surface area contributed by atoms with Crippen molar-refractivity contribution in [3.63, 3.8) is 0 Å². The van der Waals surface area contributed by atoms with Crippen molar-refractivity contribution in [2.24, 2.45) is 0 Å². The lowest BCUT2D eigenvalue weighted by atomic mass is 10.0. The molecule has 1 aliphatic rings. The highest BCUT2D eigenvalue weighted by atomic mass is 19.1. The number of hydrogen-bond donors (Lipinski definition) is 3. The van der Waals surface area contributed by atoms with Crippen LogP contribution in [-0.2, 0) is 4.74 Å². The average Bonchev–Trinajstić information content (AvgIpc) is 2.14. The Morgan fingerprint density at radius 2 is 2.09 bits per heavy atom. The summed E-state index contributed by atoms with van der Waals surface area (Å²) in [7, 11) is 0. The molecule has 3 N–H and O–H groups in total. The average molecular weight is 166 g/mol. The molecule has 1 rings (SSSR count). The van der Waals surface area contributed by atoms with Crippen LogP contribution in [-0.4, -0.2) is 46.1 Å². The first kappa shape index (κ1) is 8.86. The quantitative estimate of drug-likeness (QED) is 0.457. The van der Waals surface area contributed by atoms with Gasteiger partial charge in [-0.3, -0.25) is 0 Å². The van der Waals surface area contributed by atoms with Crippen LogP contribution in [0.4, 0.5) is 4.39 Å². The van der Waals surface area contributed by atoms with E-state index in [0.717, 1.165) is 6.92 Å². The van der Waals surface area contributed by atoms with Gasteiger partial charge in [0.05, 0.1) is 6.61 Å². The summed E-state index contributed by atoms with van der Waals surface area (Å²) in [6.07, 6.45) is -4.16. The number of aliphatic hydroxyl groups excluding tert-OH is 3. The van der Waals surface area contributed by atoms with Crippen molar-refractivity contribution < 1.29 is 24.4 Å². The van der Waals surface area contributed by atoms with Gasteiger partial charge in [0.1, 0.15) is 12.2 Å². The Balaban J connectivity index is 2.71. The minimum atomic E-state index is -2.19. The topological polar surface area (TPSA) is 69.9 Å². The van der Waals surface area contributed by atoms with Gasteiger partial charge in [-0.2, -0.15) is 0 Å². The highest BCUT2D eigenvalue weighted by molar-refractivity contribution is 4.96. The molecule has 0 bridgehead atoms. The summed E-state index contributed by atoms with van der Waals surface area (Å²) in [4.78, 5) is 0. The number of aliphatic hydroxyl groups is 3. The van der Waals surface area contributed by atoms with Crippen molar-refractivity contribution in [3.05, 3.63) is 0 Å². The van der Waals surface area contributed by atoms with Gasteiger partial charge < -0.3 is 20.1 Å². The molecule has 1 heterocycles. The van der Waals surface area contributed by atoms with Crippen LogP contribution in [0.3, 0.4) is 0 Å². The lowest BCUT2D eigenvalue weighted by Gasteiger charge is -2.19. The Labute approximate surface area is 63.2 Å². The molecule has 0 radical (unpaired) electrons. The second-order valence-electron chi connectivity index (χ2n) is 2.81. The molecule has 1 saturated heterocycles. The van der Waals surface area contributed by atoms with Crippen LogP contribution >= 0.6 is 0 Å². The molecule has 0 aromatic rings. The highest BCUT2D eigenvalue weighted by Crippen LogP contribution is 2.32. The first-order valence-corrected chi connectivity index (χ1v) is 3.31. The van der Waals surface area contributed by atoms with E-state index in [2.05, 4.69) is 4.74 Å². The molecular weight excluding hydrogens is 155 g/mol. The fraction of sp³-hybridized carbons (Fsp3) is 1.00. The smallest absolute Gasteiger partial charge is 0.192 e. The number of halogens is 1. The Kier molecular flexibility index (Phi) is 2.15. The second-order valence-corrected chi connectivity index (χ2v) is 2.81. The van der Waals surface area contributed by atoms with Gasteiger partial charge in [0.15, 0.2) is 12.0 Å². The van der Waals surface area contributed by atoms with Crippen LogP contribution in [0.2, 0.25) is 0 Å². The molecule has 4 atom stereocenters. The van der Waals surface area contributed by atoms with Crippen molar-refractivity contribution in [2.45, 2.75) is 31.1 Å². The number of rotatable bonds is 1. The van der Waals surface area contributed by atoms with Crippen LogP contribution in [0.5, 0.6) is 0 Å². The molecule has 0 amide bonds. The Bertz CT molecular complexity index is 150. The van der Waals surface area contributed by atoms with Crippen LogP contribution < -0.4 is 0 Å². The van der Waals surface area contributed by atoms with E-state index >= 15 is 0 Å². The zero-order valence-corrected chi connectivity index (χ0v) is 6.07. The van der Waals surface area contributed by atoms with Crippen LogP contribution in [0.25, 0.3) is 0 Å². The first-order valence-electron chi connectivity index (χ1n) is 3.31. The van der Waals surface area contributed by atoms with Crippen LogP contribution in [0.15, 0.2) is 0 Å². The molecule has 1 aliphatic heterocycles. The lowest BCUT2D eigenvalue weighted by molar-refractivity contribution is -0.143. The maximum Gasteiger partial charge on any atom is 0.192 e. The summed E-state index contributed by atoms with van der Waals surface area (Å²) >= 11 is 0. The lowest BCUT2D eigenvalue weighted by Crippen LogP contribution is -2.41. The van der Waals surface area contributed by atoms with E-state index < -0.39 is 30.8 Å². The van der Waals surface area contributed by atoms with Gasteiger partial charge in [0.2, 0.25) is 0 Å². The molecule has 4 nitrogen and oxygen atoms in total. The summed E-state index contributed by atoms with van der Waals surface area (Å²) in [5.41, 5.74) is -2.19. The van der Waals surface area contributed by atoms with E-state index in [0.29, 0.717) is 0 Å². The van der Waals surface area contributed by atoms with Crippen molar-refractivity contribution in [1.82, 2.24) is 0 Å². The second kappa shape index (κ2) is 2.67. The molecule has 0 unspecified atom stereocenters. The predicted octanol–water partition coefficient (Wildman–Crippen LogP) is -1.22. The maximum atomic E-state index is 13.1. The minimum absolute atomic E-state index is 0.502. The summed E-state index contributed by atoms with van der Waals surface area (Å²) in [6, 6.07) is 0. The number of hydrogen-bond acceptors (Lipinski definition) is 4. The number of ether oxygens (including phenoxy) is 1. The van der Waals surface area contributed by atoms with E-state index in [1.54, 1.807) is 0 Å². The van der Waals surface area contributed by atoms with E-state index in [4.69, 9.17) is 15.3 Å². The van der Waals surface area contributed by atoms with Gasteiger partial charge in [0.25, 0.3) is 0 Å². The minimum Gasteiger partial charge on any atom is -0.394 e. The zero-order valence-electron chi connectivity index (χ0n) is 6.07. The van der Waals surface area contributed by atoms with Crippen LogP contribution in [0.1, 0.15) is 6.92 Å². The third-order valence-corrected chi connectivity index (χ3v) is 1.90. The molecule has 66 valence electrons. The maximum absolute atomic E-state index is 13.1. The van der Waals surface area contributed by atoms with Gasteiger partial charge >= 0.3 is 0 Å². The van der Waals surface area contributed by atoms with E-state index in [1.165, 1.54) is 0 Å². The Morgan fingerprint density at radius 1 is 1.55 bits per heavy atom. The predicted molar refractivity (Wildman–Crippen MR) is 33.5 cm³/mol. The fourth-order valence-electron chi connectivity index (χ4n) is 1.03. The normalized spacial score (nSPS) is 51.5. The largest absolute Gasteiger partial charge is 0.394 e. The van der Waals surface area contributed by atoms with E-state index in [-0.39, 0.29) is 0 Å². The molecule has 11 heavy (non-hydrogen) atoms. The molecule has 1 fully saturated rings. The SMILES string of the molecule is C[C@@]1(F)[C@H](O)O[C@H](CO)[C@@H]1O. The molecular formula is C6H11FO4. The van der Waals surface area contributed by atoms with E-state index in [1.807, 2.05) is 0 Å². The third-order valence-electron chi connectivity index (χ3n) is 1.90. The molecule has 0 spiro atoms. The van der Waals surface area contributed by atoms with Gasteiger partial charge in [0, 0.05) is 0 Å². The van der Waals surface area contributed by atoms with Crippen molar-refractivity contribution in [3.8, 4) is 0 Å². The van der Waals surface area contributed by atoms with Crippen LogP contribution in [0, 0.1) is 0 Å². The summed E-state index contributed by atoms with van der Waals surface area (Å²) in [5.74, 6) is 0. The standard InChI is InChI=1S/C6H11FO4/c1-6(7)4(9)3(2-8)11-5(6)10/h3-5,8-10H,2H2,1H3/t3-,4+,5-,6+/m1/s1. The van der Waals surface area contributed by atoms with Crippen molar-refractivity contribution in [2.75, 3.05) is 6.61 Å². The van der Waals surface area contributed by atoms with Crippen molar-refractivity contribution >= 4 is 0 Å². The first-order chi connectivity index (χ1) is 5.00. The molecule has 0 aromatic carbocycles. The summed E-state index contributed by atoms with van der Waals surface area (Å²) < 4.78 is 17.6. The van der Waals surface area contributed by atoms with E-state index in [9.17, 15) is 4.39 Å². The van der Waals surface area contributed by atoms with Gasteiger partial charge in [-0.25, -0.2) is 4.39 Å². The molecule has 0 aliphatic carbocycles. The highest BCUT2D eigenvalue weighted by Gasteiger charge is 2.53. The van der Waals surface area contributed by atoms with Gasteiger partial charge in [-0.05, 0) is 6.92 Å². The Morgan fingerprint density at radius 3 is 2.27 bits per heavy atom. The summed E-state index contributed by atoms with van der Waals surface area (Å²) in [6.45, 7) is 0.524. The number of alkyl halides is 1. The molecule has 0 aromatic heterocycles. The zero-order chi connectivity index (χ0) is 8.65. The van der Waals surface area contributed by atoms with Gasteiger partial charge in [-0.15, -0.1) is 0 Å². The fourth-order valence-corrected chi connectivity index (χ4v) is 1.03. The Hall–Kier alpha value is -0.230. The van der Waals surface area contributed by atoms with Crippen molar-refractivity contribution in [1.29, 1.82) is 0 Å². The van der Waals surface area contributed by atoms with Gasteiger partial charge in [-0.1, -0.05) is 0 Å².